The predicted molar refractivity (Wildman–Crippen MR) is 61.9 cm³/mol. The SMILES string of the molecule is CCCC(n1ccc2ccccc21)C(F)(F)F. The van der Waals surface area contributed by atoms with Crippen molar-refractivity contribution in [2.24, 2.45) is 0 Å². The molecule has 0 saturated carbocycles. The van der Waals surface area contributed by atoms with Crippen LogP contribution in [0, 0.1) is 0 Å². The van der Waals surface area contributed by atoms with Crippen molar-refractivity contribution in [3.8, 4) is 0 Å². The first-order valence-electron chi connectivity index (χ1n) is 5.66. The molecule has 0 spiro atoms. The smallest absolute Gasteiger partial charge is 0.335 e. The van der Waals surface area contributed by atoms with E-state index in [4.69, 9.17) is 0 Å². The van der Waals surface area contributed by atoms with Gasteiger partial charge in [0.2, 0.25) is 0 Å². The van der Waals surface area contributed by atoms with Gasteiger partial charge in [-0.25, -0.2) is 0 Å². The molecule has 0 amide bonds. The summed E-state index contributed by atoms with van der Waals surface area (Å²) in [5, 5.41) is 0.845. The maximum Gasteiger partial charge on any atom is 0.409 e. The van der Waals surface area contributed by atoms with Gasteiger partial charge in [-0.15, -0.1) is 0 Å². The van der Waals surface area contributed by atoms with Crippen molar-refractivity contribution in [2.45, 2.75) is 32.0 Å². The van der Waals surface area contributed by atoms with Gasteiger partial charge in [-0.3, -0.25) is 0 Å². The first kappa shape index (κ1) is 12.0. The highest BCUT2D eigenvalue weighted by Gasteiger charge is 2.40. The molecular weight excluding hydrogens is 227 g/mol. The molecule has 92 valence electrons. The van der Waals surface area contributed by atoms with E-state index in [9.17, 15) is 13.2 Å². The van der Waals surface area contributed by atoms with Crippen LogP contribution in [0.2, 0.25) is 0 Å². The van der Waals surface area contributed by atoms with E-state index in [1.54, 1.807) is 25.1 Å². The van der Waals surface area contributed by atoms with Crippen LogP contribution >= 0.6 is 0 Å². The number of halogens is 3. The summed E-state index contributed by atoms with van der Waals surface area (Å²) in [6, 6.07) is 7.44. The van der Waals surface area contributed by atoms with Gasteiger partial charge in [0.15, 0.2) is 0 Å². The molecule has 1 heterocycles. The Balaban J connectivity index is 2.49. The molecule has 2 rings (SSSR count). The van der Waals surface area contributed by atoms with Gasteiger partial charge in [0.25, 0.3) is 0 Å². The molecule has 17 heavy (non-hydrogen) atoms. The molecule has 0 fully saturated rings. The Kier molecular flexibility index (Phi) is 3.13. The van der Waals surface area contributed by atoms with Gasteiger partial charge in [-0.2, -0.15) is 13.2 Å². The lowest BCUT2D eigenvalue weighted by Crippen LogP contribution is -2.25. The van der Waals surface area contributed by atoms with Crippen molar-refractivity contribution < 1.29 is 13.2 Å². The second-order valence-corrected chi connectivity index (χ2v) is 4.13. The summed E-state index contributed by atoms with van der Waals surface area (Å²) < 4.78 is 40.3. The molecule has 0 aliphatic rings. The highest BCUT2D eigenvalue weighted by Crippen LogP contribution is 2.36. The number of rotatable bonds is 3. The van der Waals surface area contributed by atoms with Crippen LogP contribution < -0.4 is 0 Å². The molecule has 0 N–H and O–H groups in total. The Morgan fingerprint density at radius 1 is 1.18 bits per heavy atom. The molecule has 1 atom stereocenters. The number of hydrogen-bond donors (Lipinski definition) is 0. The number of benzene rings is 1. The molecule has 2 aromatic rings. The van der Waals surface area contributed by atoms with Crippen molar-refractivity contribution in [3.63, 3.8) is 0 Å². The average molecular weight is 241 g/mol. The van der Waals surface area contributed by atoms with Gasteiger partial charge in [-0.1, -0.05) is 31.5 Å². The number of alkyl halides is 3. The highest BCUT2D eigenvalue weighted by molar-refractivity contribution is 5.80. The number of nitrogens with zero attached hydrogens (tertiary/aromatic N) is 1. The third-order valence-electron chi connectivity index (χ3n) is 2.91. The summed E-state index contributed by atoms with van der Waals surface area (Å²) in [5.41, 5.74) is 0.642. The van der Waals surface area contributed by atoms with Gasteiger partial charge in [0.05, 0.1) is 0 Å². The third kappa shape index (κ3) is 2.30. The van der Waals surface area contributed by atoms with E-state index in [1.807, 2.05) is 12.1 Å². The van der Waals surface area contributed by atoms with E-state index in [0.29, 0.717) is 11.9 Å². The van der Waals surface area contributed by atoms with Crippen molar-refractivity contribution in [2.75, 3.05) is 0 Å². The van der Waals surface area contributed by atoms with Crippen LogP contribution in [-0.4, -0.2) is 10.7 Å². The average Bonchev–Trinajstić information content (AvgIpc) is 2.68. The monoisotopic (exact) mass is 241 g/mol. The normalized spacial score (nSPS) is 14.1. The third-order valence-corrected chi connectivity index (χ3v) is 2.91. The van der Waals surface area contributed by atoms with E-state index < -0.39 is 12.2 Å². The van der Waals surface area contributed by atoms with Crippen LogP contribution in [-0.2, 0) is 0 Å². The van der Waals surface area contributed by atoms with Crippen molar-refractivity contribution in [1.82, 2.24) is 4.57 Å². The minimum absolute atomic E-state index is 0.113. The Bertz CT molecular complexity index is 499. The quantitative estimate of drug-likeness (QED) is 0.743. The van der Waals surface area contributed by atoms with Crippen LogP contribution in [0.4, 0.5) is 13.2 Å². The lowest BCUT2D eigenvalue weighted by Gasteiger charge is -2.22. The van der Waals surface area contributed by atoms with Crippen LogP contribution in [0.25, 0.3) is 10.9 Å². The number of fused-ring (bicyclic) bond motifs is 1. The summed E-state index contributed by atoms with van der Waals surface area (Å²) >= 11 is 0. The fraction of sp³-hybridized carbons (Fsp3) is 0.385. The molecule has 1 unspecified atom stereocenters. The van der Waals surface area contributed by atoms with Gasteiger partial charge < -0.3 is 4.57 Å². The maximum absolute atomic E-state index is 13.0. The fourth-order valence-corrected chi connectivity index (χ4v) is 2.11. The zero-order valence-electron chi connectivity index (χ0n) is 9.54. The van der Waals surface area contributed by atoms with Crippen molar-refractivity contribution in [1.29, 1.82) is 0 Å². The minimum atomic E-state index is -4.20. The Morgan fingerprint density at radius 3 is 2.53 bits per heavy atom. The molecule has 1 nitrogen and oxygen atoms in total. The van der Waals surface area contributed by atoms with Crippen LogP contribution in [0.1, 0.15) is 25.8 Å². The fourth-order valence-electron chi connectivity index (χ4n) is 2.11. The zero-order chi connectivity index (χ0) is 12.5. The van der Waals surface area contributed by atoms with Crippen LogP contribution in [0.3, 0.4) is 0 Å². The highest BCUT2D eigenvalue weighted by atomic mass is 19.4. The van der Waals surface area contributed by atoms with Crippen LogP contribution in [0.5, 0.6) is 0 Å². The molecule has 4 heteroatoms. The first-order valence-corrected chi connectivity index (χ1v) is 5.66. The lowest BCUT2D eigenvalue weighted by atomic mass is 10.1. The molecule has 0 radical (unpaired) electrons. The van der Waals surface area contributed by atoms with E-state index in [1.165, 1.54) is 10.8 Å². The Morgan fingerprint density at radius 2 is 1.88 bits per heavy atom. The predicted octanol–water partition coefficient (Wildman–Crippen LogP) is 4.54. The van der Waals surface area contributed by atoms with Gasteiger partial charge in [-0.05, 0) is 23.9 Å². The minimum Gasteiger partial charge on any atom is -0.335 e. The molecule has 0 bridgehead atoms. The maximum atomic E-state index is 13.0. The second-order valence-electron chi connectivity index (χ2n) is 4.13. The van der Waals surface area contributed by atoms with E-state index >= 15 is 0 Å². The topological polar surface area (TPSA) is 4.93 Å². The van der Waals surface area contributed by atoms with Crippen molar-refractivity contribution in [3.05, 3.63) is 36.5 Å². The number of hydrogen-bond acceptors (Lipinski definition) is 0. The van der Waals surface area contributed by atoms with E-state index in [0.717, 1.165) is 5.39 Å². The Hall–Kier alpha value is -1.45. The summed E-state index contributed by atoms with van der Waals surface area (Å²) in [6.07, 6.45) is -2.05. The molecule has 0 aliphatic heterocycles. The number of aromatic nitrogens is 1. The summed E-state index contributed by atoms with van der Waals surface area (Å²) in [6.45, 7) is 1.77. The molecular formula is C13H14F3N. The molecule has 1 aromatic carbocycles. The van der Waals surface area contributed by atoms with Gasteiger partial charge >= 0.3 is 6.18 Å². The second kappa shape index (κ2) is 4.43. The zero-order valence-corrected chi connectivity index (χ0v) is 9.54. The molecule has 0 aliphatic carbocycles. The molecule has 0 saturated heterocycles. The van der Waals surface area contributed by atoms with Crippen LogP contribution in [0.15, 0.2) is 36.5 Å². The summed E-state index contributed by atoms with van der Waals surface area (Å²) in [7, 11) is 0. The standard InChI is InChI=1S/C13H14F3N/c1-2-5-12(13(14,15)16)17-9-8-10-6-3-4-7-11(10)17/h3-4,6-9,12H,2,5H2,1H3. The summed E-state index contributed by atoms with van der Waals surface area (Å²) in [4.78, 5) is 0. The van der Waals surface area contributed by atoms with E-state index in [2.05, 4.69) is 0 Å². The Labute approximate surface area is 97.9 Å². The lowest BCUT2D eigenvalue weighted by molar-refractivity contribution is -0.168. The largest absolute Gasteiger partial charge is 0.409 e. The molecule has 1 aromatic heterocycles. The first-order chi connectivity index (χ1) is 8.04. The number of para-hydroxylation sites is 1. The van der Waals surface area contributed by atoms with Gasteiger partial charge in [0, 0.05) is 11.7 Å². The van der Waals surface area contributed by atoms with Gasteiger partial charge in [0.1, 0.15) is 6.04 Å². The van der Waals surface area contributed by atoms with Crippen molar-refractivity contribution >= 4 is 10.9 Å². The summed E-state index contributed by atoms with van der Waals surface area (Å²) in [5.74, 6) is 0. The van der Waals surface area contributed by atoms with E-state index in [-0.39, 0.29) is 6.42 Å².